The van der Waals surface area contributed by atoms with Crippen molar-refractivity contribution in [1.29, 1.82) is 5.26 Å². The number of hydrogen-bond donors (Lipinski definition) is 1. The van der Waals surface area contributed by atoms with Gasteiger partial charge in [-0.25, -0.2) is 4.98 Å². The monoisotopic (exact) mass is 203 g/mol. The highest BCUT2D eigenvalue weighted by atomic mass is 32.1. The number of fused-ring (bicyclic) bond motifs is 1. The molecule has 0 aliphatic carbocycles. The smallest absolute Gasteiger partial charge is 0.130 e. The average molecular weight is 203 g/mol. The van der Waals surface area contributed by atoms with E-state index in [9.17, 15) is 0 Å². The molecule has 0 unspecified atom stereocenters. The molecule has 0 fully saturated rings. The number of hydrogen-bond acceptors (Lipinski definition) is 4. The van der Waals surface area contributed by atoms with Gasteiger partial charge in [0.05, 0.1) is 5.69 Å². The number of pyridine rings is 1. The van der Waals surface area contributed by atoms with Crippen molar-refractivity contribution >= 4 is 27.2 Å². The Hall–Kier alpha value is -1.60. The predicted molar refractivity (Wildman–Crippen MR) is 58.2 cm³/mol. The molecule has 2 heterocycles. The summed E-state index contributed by atoms with van der Waals surface area (Å²) in [6.45, 7) is 3.95. The first kappa shape index (κ1) is 8.97. The molecule has 2 aromatic rings. The summed E-state index contributed by atoms with van der Waals surface area (Å²) >= 11 is 1.35. The highest BCUT2D eigenvalue weighted by molar-refractivity contribution is 7.19. The first-order valence-corrected chi connectivity index (χ1v) is 5.01. The summed E-state index contributed by atoms with van der Waals surface area (Å²) in [6.07, 6.45) is 0. The normalized spacial score (nSPS) is 10.4. The number of rotatable bonds is 0. The quantitative estimate of drug-likeness (QED) is 0.715. The van der Waals surface area contributed by atoms with Crippen LogP contribution in [0.1, 0.15) is 16.1 Å². The SMILES string of the molecule is Cc1cc2c(N)c(C#N)sc2nc1C. The van der Waals surface area contributed by atoms with Crippen LogP contribution in [-0.2, 0) is 0 Å². The zero-order valence-electron chi connectivity index (χ0n) is 7.96. The fraction of sp³-hybridized carbons (Fsp3) is 0.200. The lowest BCUT2D eigenvalue weighted by atomic mass is 10.2. The fourth-order valence-corrected chi connectivity index (χ4v) is 2.23. The second-order valence-corrected chi connectivity index (χ2v) is 4.20. The summed E-state index contributed by atoms with van der Waals surface area (Å²) in [5.41, 5.74) is 8.47. The standard InChI is InChI=1S/C10H9N3S/c1-5-3-7-9(12)8(4-11)14-10(7)13-6(5)2/h3H,12H2,1-2H3. The minimum absolute atomic E-state index is 0.553. The van der Waals surface area contributed by atoms with Gasteiger partial charge in [0.25, 0.3) is 0 Å². The van der Waals surface area contributed by atoms with E-state index in [1.54, 1.807) is 0 Å². The van der Waals surface area contributed by atoms with Crippen LogP contribution in [0.3, 0.4) is 0 Å². The van der Waals surface area contributed by atoms with E-state index in [1.807, 2.05) is 19.9 Å². The van der Waals surface area contributed by atoms with E-state index < -0.39 is 0 Å². The van der Waals surface area contributed by atoms with Crippen LogP contribution in [0.2, 0.25) is 0 Å². The summed E-state index contributed by atoms with van der Waals surface area (Å²) in [5, 5.41) is 9.71. The number of anilines is 1. The molecule has 3 nitrogen and oxygen atoms in total. The van der Waals surface area contributed by atoms with Crippen molar-refractivity contribution in [2.24, 2.45) is 0 Å². The first-order valence-electron chi connectivity index (χ1n) is 4.20. The molecular weight excluding hydrogens is 194 g/mol. The van der Waals surface area contributed by atoms with Crippen LogP contribution in [0, 0.1) is 25.2 Å². The Bertz CT molecular complexity index is 548. The topological polar surface area (TPSA) is 62.7 Å². The van der Waals surface area contributed by atoms with Crippen molar-refractivity contribution in [2.45, 2.75) is 13.8 Å². The molecule has 2 N–H and O–H groups in total. The van der Waals surface area contributed by atoms with E-state index in [0.717, 1.165) is 21.5 Å². The van der Waals surface area contributed by atoms with Gasteiger partial charge in [-0.05, 0) is 25.5 Å². The zero-order valence-corrected chi connectivity index (χ0v) is 8.77. The van der Waals surface area contributed by atoms with Gasteiger partial charge < -0.3 is 5.73 Å². The summed E-state index contributed by atoms with van der Waals surface area (Å²) in [4.78, 5) is 5.79. The Morgan fingerprint density at radius 1 is 1.50 bits per heavy atom. The maximum absolute atomic E-state index is 8.81. The van der Waals surface area contributed by atoms with Gasteiger partial charge >= 0.3 is 0 Å². The number of aromatic nitrogens is 1. The van der Waals surface area contributed by atoms with Crippen molar-refractivity contribution in [3.05, 3.63) is 22.2 Å². The van der Waals surface area contributed by atoms with Crippen LogP contribution in [0.25, 0.3) is 10.2 Å². The largest absolute Gasteiger partial charge is 0.396 e. The van der Waals surface area contributed by atoms with E-state index in [4.69, 9.17) is 11.0 Å². The van der Waals surface area contributed by atoms with Gasteiger partial charge in [0.2, 0.25) is 0 Å². The molecule has 0 radical (unpaired) electrons. The second kappa shape index (κ2) is 2.96. The third-order valence-corrected chi connectivity index (χ3v) is 3.29. The Labute approximate surface area is 85.8 Å². The minimum Gasteiger partial charge on any atom is -0.396 e. The van der Waals surface area contributed by atoms with Gasteiger partial charge in [-0.3, -0.25) is 0 Å². The van der Waals surface area contributed by atoms with Gasteiger partial charge in [0.1, 0.15) is 15.8 Å². The lowest BCUT2D eigenvalue weighted by molar-refractivity contribution is 1.21. The molecule has 0 aromatic carbocycles. The highest BCUT2D eigenvalue weighted by Gasteiger charge is 2.10. The summed E-state index contributed by atoms with van der Waals surface area (Å²) in [7, 11) is 0. The number of nitrogen functional groups attached to an aromatic ring is 1. The van der Waals surface area contributed by atoms with Crippen molar-refractivity contribution in [1.82, 2.24) is 4.98 Å². The molecule has 2 rings (SSSR count). The van der Waals surface area contributed by atoms with Gasteiger partial charge in [0, 0.05) is 11.1 Å². The Balaban J connectivity index is 2.88. The maximum Gasteiger partial charge on any atom is 0.130 e. The first-order chi connectivity index (χ1) is 6.63. The Morgan fingerprint density at radius 3 is 2.86 bits per heavy atom. The lowest BCUT2D eigenvalue weighted by Gasteiger charge is -1.98. The number of nitriles is 1. The van der Waals surface area contributed by atoms with Crippen LogP contribution in [0.15, 0.2) is 6.07 Å². The van der Waals surface area contributed by atoms with E-state index in [-0.39, 0.29) is 0 Å². The van der Waals surface area contributed by atoms with Crippen LogP contribution in [0.5, 0.6) is 0 Å². The van der Waals surface area contributed by atoms with E-state index in [0.29, 0.717) is 10.6 Å². The Kier molecular flexibility index (Phi) is 1.90. The average Bonchev–Trinajstić information content (AvgIpc) is 2.45. The minimum atomic E-state index is 0.553. The molecule has 0 saturated carbocycles. The molecule has 2 aromatic heterocycles. The highest BCUT2D eigenvalue weighted by Crippen LogP contribution is 2.32. The molecule has 0 spiro atoms. The van der Waals surface area contributed by atoms with Gasteiger partial charge in [-0.2, -0.15) is 5.26 Å². The van der Waals surface area contributed by atoms with Crippen LogP contribution in [0.4, 0.5) is 5.69 Å². The van der Waals surface area contributed by atoms with Gasteiger partial charge in [0.15, 0.2) is 0 Å². The predicted octanol–water partition coefficient (Wildman–Crippen LogP) is 2.37. The molecular formula is C10H9N3S. The molecule has 0 aliphatic rings. The van der Waals surface area contributed by atoms with Gasteiger partial charge in [-0.1, -0.05) is 0 Å². The number of thiophene rings is 1. The zero-order chi connectivity index (χ0) is 10.3. The molecule has 0 bridgehead atoms. The molecule has 0 aliphatic heterocycles. The van der Waals surface area contributed by atoms with Crippen molar-refractivity contribution in [3.8, 4) is 6.07 Å². The van der Waals surface area contributed by atoms with E-state index >= 15 is 0 Å². The Morgan fingerprint density at radius 2 is 2.21 bits per heavy atom. The fourth-order valence-electron chi connectivity index (χ4n) is 1.31. The number of nitrogens with zero attached hydrogens (tertiary/aromatic N) is 2. The van der Waals surface area contributed by atoms with E-state index in [1.165, 1.54) is 11.3 Å². The van der Waals surface area contributed by atoms with E-state index in [2.05, 4.69) is 11.1 Å². The van der Waals surface area contributed by atoms with Crippen LogP contribution < -0.4 is 5.73 Å². The van der Waals surface area contributed by atoms with Crippen molar-refractivity contribution in [3.63, 3.8) is 0 Å². The summed E-state index contributed by atoms with van der Waals surface area (Å²) in [6, 6.07) is 4.07. The molecule has 4 heteroatoms. The molecule has 0 saturated heterocycles. The maximum atomic E-state index is 8.81. The molecule has 70 valence electrons. The lowest BCUT2D eigenvalue weighted by Crippen LogP contribution is -1.88. The number of aryl methyl sites for hydroxylation is 2. The van der Waals surface area contributed by atoms with Crippen LogP contribution >= 0.6 is 11.3 Å². The summed E-state index contributed by atoms with van der Waals surface area (Å²) < 4.78 is 0. The van der Waals surface area contributed by atoms with Crippen molar-refractivity contribution < 1.29 is 0 Å². The third kappa shape index (κ3) is 1.14. The van der Waals surface area contributed by atoms with Crippen LogP contribution in [-0.4, -0.2) is 4.98 Å². The molecule has 0 amide bonds. The van der Waals surface area contributed by atoms with Crippen molar-refractivity contribution in [2.75, 3.05) is 5.73 Å². The number of nitrogens with two attached hydrogens (primary N) is 1. The molecule has 14 heavy (non-hydrogen) atoms. The second-order valence-electron chi connectivity index (χ2n) is 3.20. The molecule has 0 atom stereocenters. The summed E-state index contributed by atoms with van der Waals surface area (Å²) in [5.74, 6) is 0. The van der Waals surface area contributed by atoms with Gasteiger partial charge in [-0.15, -0.1) is 11.3 Å². The third-order valence-electron chi connectivity index (χ3n) is 2.27.